The molecule has 1 aliphatic carbocycles. The topological polar surface area (TPSA) is 9.23 Å². The van der Waals surface area contributed by atoms with Crippen molar-refractivity contribution in [1.29, 1.82) is 0 Å². The molecule has 0 radical (unpaired) electrons. The Bertz CT molecular complexity index is 994. The Morgan fingerprint density at radius 2 is 0.862 bits per heavy atom. The molecule has 29 heavy (non-hydrogen) atoms. The van der Waals surface area contributed by atoms with Gasteiger partial charge in [0.15, 0.2) is 0 Å². The van der Waals surface area contributed by atoms with Crippen molar-refractivity contribution in [2.24, 2.45) is 0 Å². The number of hydrogen-bond acceptors (Lipinski definition) is 1. The molecule has 4 aromatic rings. The van der Waals surface area contributed by atoms with Crippen LogP contribution in [0.25, 0.3) is 0 Å². The Morgan fingerprint density at radius 3 is 1.34 bits per heavy atom. The van der Waals surface area contributed by atoms with Gasteiger partial charge in [-0.05, 0) is 52.1 Å². The van der Waals surface area contributed by atoms with Crippen molar-refractivity contribution < 1.29 is 4.74 Å². The van der Waals surface area contributed by atoms with Crippen LogP contribution in [0.2, 0.25) is 0 Å². The second-order valence-electron chi connectivity index (χ2n) is 7.74. The fourth-order valence-corrected chi connectivity index (χ4v) is 4.43. The maximum absolute atomic E-state index is 5.97. The molecule has 0 bridgehead atoms. The molecule has 1 nitrogen and oxygen atoms in total. The second kappa shape index (κ2) is 7.97. The Balaban J connectivity index is 1.36. The van der Waals surface area contributed by atoms with Gasteiger partial charge in [0, 0.05) is 0 Å². The normalized spacial score (nSPS) is 20.2. The molecule has 142 valence electrons. The first-order chi connectivity index (χ1) is 14.4. The van der Waals surface area contributed by atoms with Crippen LogP contribution in [0.4, 0.5) is 0 Å². The lowest BCUT2D eigenvalue weighted by Crippen LogP contribution is -1.95. The van der Waals surface area contributed by atoms with Gasteiger partial charge in [0.05, 0.1) is 0 Å². The minimum absolute atomic E-state index is 0.517. The minimum atomic E-state index is 0.517. The third-order valence-corrected chi connectivity index (χ3v) is 5.90. The summed E-state index contributed by atoms with van der Waals surface area (Å²) in [5.41, 5.74) is 5.43. The van der Waals surface area contributed by atoms with Crippen molar-refractivity contribution in [3.63, 3.8) is 0 Å². The summed E-state index contributed by atoms with van der Waals surface area (Å²) in [6, 6.07) is 40.8. The van der Waals surface area contributed by atoms with Crippen LogP contribution in [0.5, 0.6) is 5.75 Å². The molecule has 0 spiro atoms. The van der Waals surface area contributed by atoms with Crippen LogP contribution in [0.15, 0.2) is 115 Å². The van der Waals surface area contributed by atoms with Crippen LogP contribution < -0.4 is 4.74 Å². The summed E-state index contributed by atoms with van der Waals surface area (Å²) in [4.78, 5) is 0. The van der Waals surface area contributed by atoms with Crippen LogP contribution in [-0.4, -0.2) is 0 Å². The van der Waals surface area contributed by atoms with E-state index in [9.17, 15) is 0 Å². The lowest BCUT2D eigenvalue weighted by atomic mass is 10.0. The van der Waals surface area contributed by atoms with Crippen molar-refractivity contribution >= 4 is 0 Å². The minimum Gasteiger partial charge on any atom is -0.489 e. The molecule has 0 amide bonds. The molecular formula is C28H24O. The summed E-state index contributed by atoms with van der Waals surface area (Å²) in [5, 5.41) is 0. The Kier molecular flexibility index (Phi) is 4.88. The van der Waals surface area contributed by atoms with Crippen LogP contribution in [0.1, 0.15) is 40.0 Å². The lowest BCUT2D eigenvalue weighted by Gasteiger charge is -2.08. The van der Waals surface area contributed by atoms with Crippen LogP contribution in [-0.2, 0) is 6.61 Å². The zero-order valence-corrected chi connectivity index (χ0v) is 16.3. The predicted octanol–water partition coefficient (Wildman–Crippen LogP) is 6.93. The highest BCUT2D eigenvalue weighted by molar-refractivity contribution is 5.48. The fourth-order valence-electron chi connectivity index (χ4n) is 4.43. The Morgan fingerprint density at radius 1 is 0.448 bits per heavy atom. The van der Waals surface area contributed by atoms with E-state index in [1.165, 1.54) is 22.3 Å². The van der Waals surface area contributed by atoms with Gasteiger partial charge in [-0.3, -0.25) is 0 Å². The van der Waals surface area contributed by atoms with Crippen LogP contribution in [0.3, 0.4) is 0 Å². The molecule has 0 aliphatic heterocycles. The van der Waals surface area contributed by atoms with Crippen LogP contribution in [0, 0.1) is 0 Å². The van der Waals surface area contributed by atoms with Crippen molar-refractivity contribution in [1.82, 2.24) is 0 Å². The van der Waals surface area contributed by atoms with Gasteiger partial charge in [-0.25, -0.2) is 0 Å². The quantitative estimate of drug-likeness (QED) is 0.354. The van der Waals surface area contributed by atoms with Gasteiger partial charge < -0.3 is 4.74 Å². The van der Waals surface area contributed by atoms with Crippen molar-refractivity contribution in [3.8, 4) is 5.75 Å². The average Bonchev–Trinajstić information content (AvgIpc) is 3.56. The zero-order chi connectivity index (χ0) is 19.5. The highest BCUT2D eigenvalue weighted by Gasteiger charge is 2.52. The molecule has 1 fully saturated rings. The molecule has 0 aromatic heterocycles. The summed E-state index contributed by atoms with van der Waals surface area (Å²) in [6.07, 6.45) is 0. The largest absolute Gasteiger partial charge is 0.489 e. The Labute approximate surface area is 172 Å². The SMILES string of the molecule is c1ccc(COc2ccc(C3C(c4ccccc4)C3c3ccccc3)cc2)cc1. The first-order valence-corrected chi connectivity index (χ1v) is 10.3. The van der Waals surface area contributed by atoms with E-state index in [1.807, 2.05) is 18.2 Å². The molecule has 1 aliphatic rings. The van der Waals surface area contributed by atoms with E-state index in [0.29, 0.717) is 24.4 Å². The molecule has 5 rings (SSSR count). The van der Waals surface area contributed by atoms with Gasteiger partial charge in [-0.1, -0.05) is 103 Å². The number of benzene rings is 4. The smallest absolute Gasteiger partial charge is 0.119 e. The maximum atomic E-state index is 5.97. The monoisotopic (exact) mass is 376 g/mol. The molecule has 2 unspecified atom stereocenters. The van der Waals surface area contributed by atoms with E-state index in [0.717, 1.165) is 5.75 Å². The fraction of sp³-hybridized carbons (Fsp3) is 0.143. The lowest BCUT2D eigenvalue weighted by molar-refractivity contribution is 0.306. The third-order valence-electron chi connectivity index (χ3n) is 5.90. The van der Waals surface area contributed by atoms with Gasteiger partial charge >= 0.3 is 0 Å². The van der Waals surface area contributed by atoms with E-state index < -0.39 is 0 Å². The predicted molar refractivity (Wildman–Crippen MR) is 118 cm³/mol. The third kappa shape index (κ3) is 3.82. The average molecular weight is 376 g/mol. The number of rotatable bonds is 6. The summed E-state index contributed by atoms with van der Waals surface area (Å²) in [6.45, 7) is 0.600. The highest BCUT2D eigenvalue weighted by atomic mass is 16.5. The van der Waals surface area contributed by atoms with Crippen molar-refractivity contribution in [3.05, 3.63) is 138 Å². The van der Waals surface area contributed by atoms with Crippen LogP contribution >= 0.6 is 0 Å². The molecule has 1 saturated carbocycles. The molecule has 0 saturated heterocycles. The summed E-state index contributed by atoms with van der Waals surface area (Å²) in [5.74, 6) is 2.51. The van der Waals surface area contributed by atoms with E-state index in [2.05, 4.69) is 97.1 Å². The highest BCUT2D eigenvalue weighted by Crippen LogP contribution is 2.66. The summed E-state index contributed by atoms with van der Waals surface area (Å²) in [7, 11) is 0. The molecule has 2 atom stereocenters. The summed E-state index contributed by atoms with van der Waals surface area (Å²) < 4.78 is 5.97. The van der Waals surface area contributed by atoms with Crippen molar-refractivity contribution in [2.75, 3.05) is 0 Å². The van der Waals surface area contributed by atoms with E-state index in [1.54, 1.807) is 0 Å². The summed E-state index contributed by atoms with van der Waals surface area (Å²) >= 11 is 0. The molecule has 4 aromatic carbocycles. The van der Waals surface area contributed by atoms with Gasteiger partial charge in [0.25, 0.3) is 0 Å². The van der Waals surface area contributed by atoms with Gasteiger partial charge in [0.2, 0.25) is 0 Å². The van der Waals surface area contributed by atoms with E-state index >= 15 is 0 Å². The zero-order valence-electron chi connectivity index (χ0n) is 16.3. The molecule has 1 heteroatoms. The second-order valence-corrected chi connectivity index (χ2v) is 7.74. The number of hydrogen-bond donors (Lipinski definition) is 0. The van der Waals surface area contributed by atoms with E-state index in [4.69, 9.17) is 4.74 Å². The van der Waals surface area contributed by atoms with Gasteiger partial charge in [0.1, 0.15) is 12.4 Å². The van der Waals surface area contributed by atoms with Gasteiger partial charge in [-0.2, -0.15) is 0 Å². The standard InChI is InChI=1S/C28H24O/c1-4-10-21(11-5-1)20-29-25-18-16-24(17-19-25)28-26(22-12-6-2-7-13-22)27(28)23-14-8-3-9-15-23/h1-19,26-28H,20H2. The first kappa shape index (κ1) is 17.8. The van der Waals surface area contributed by atoms with Gasteiger partial charge in [-0.15, -0.1) is 0 Å². The van der Waals surface area contributed by atoms with Crippen molar-refractivity contribution in [2.45, 2.75) is 24.4 Å². The maximum Gasteiger partial charge on any atom is 0.119 e. The molecule has 0 heterocycles. The molecule has 0 N–H and O–H groups in total. The number of ether oxygens (including phenoxy) is 1. The Hall–Kier alpha value is -3.32. The molecular weight excluding hydrogens is 352 g/mol. The first-order valence-electron chi connectivity index (χ1n) is 10.3. The van der Waals surface area contributed by atoms with E-state index in [-0.39, 0.29) is 0 Å².